The van der Waals surface area contributed by atoms with E-state index < -0.39 is 17.5 Å². The summed E-state index contributed by atoms with van der Waals surface area (Å²) in [7, 11) is 0. The largest absolute Gasteiger partial charge is 0.436 e. The van der Waals surface area contributed by atoms with Gasteiger partial charge in [-0.1, -0.05) is 6.07 Å². The Morgan fingerprint density at radius 1 is 1.06 bits per heavy atom. The normalized spacial score (nSPS) is 20.2. The smallest absolute Gasteiger partial charge is 0.415 e. The Morgan fingerprint density at radius 2 is 1.85 bits per heavy atom. The maximum atomic E-state index is 13.4. The summed E-state index contributed by atoms with van der Waals surface area (Å²) >= 11 is 0. The minimum atomic E-state index is -1.02. The molecular weight excluding hydrogens is 441 g/mol. The molecular formula is C24H22FN5O4. The maximum Gasteiger partial charge on any atom is 0.415 e. The number of rotatable bonds is 4. The first-order chi connectivity index (χ1) is 16.5. The van der Waals surface area contributed by atoms with E-state index in [-0.39, 0.29) is 25.6 Å². The van der Waals surface area contributed by atoms with Crippen molar-refractivity contribution in [1.29, 1.82) is 0 Å². The Labute approximate surface area is 195 Å². The van der Waals surface area contributed by atoms with Crippen molar-refractivity contribution in [3.8, 4) is 0 Å². The van der Waals surface area contributed by atoms with Crippen LogP contribution in [0, 0.1) is 5.82 Å². The average Bonchev–Trinajstić information content (AvgIpc) is 3.03. The molecule has 1 spiro atoms. The minimum Gasteiger partial charge on any atom is -0.436 e. The molecule has 10 heteroatoms. The molecule has 0 bridgehead atoms. The third-order valence-electron chi connectivity index (χ3n) is 5.68. The van der Waals surface area contributed by atoms with Crippen LogP contribution in [0.1, 0.15) is 10.4 Å². The van der Waals surface area contributed by atoms with Crippen molar-refractivity contribution < 1.29 is 23.5 Å². The number of amides is 2. The fourth-order valence-electron chi connectivity index (χ4n) is 4.08. The molecule has 5 rings (SSSR count). The topological polar surface area (TPSA) is 96.9 Å². The van der Waals surface area contributed by atoms with Gasteiger partial charge >= 0.3 is 6.09 Å². The molecule has 0 saturated carbocycles. The summed E-state index contributed by atoms with van der Waals surface area (Å²) in [6.07, 6.45) is 2.69. The fraction of sp³-hybridized carbons (Fsp3) is 0.250. The molecule has 3 heterocycles. The van der Waals surface area contributed by atoms with Gasteiger partial charge in [0.1, 0.15) is 5.82 Å². The predicted molar refractivity (Wildman–Crippen MR) is 121 cm³/mol. The highest BCUT2D eigenvalue weighted by atomic mass is 19.1. The second kappa shape index (κ2) is 9.06. The molecule has 0 radical (unpaired) electrons. The van der Waals surface area contributed by atoms with E-state index in [0.29, 0.717) is 36.0 Å². The third kappa shape index (κ3) is 4.53. The van der Waals surface area contributed by atoms with Gasteiger partial charge in [0.15, 0.2) is 5.60 Å². The van der Waals surface area contributed by atoms with Crippen molar-refractivity contribution in [3.05, 3.63) is 78.4 Å². The van der Waals surface area contributed by atoms with Crippen LogP contribution in [0.5, 0.6) is 0 Å². The average molecular weight is 463 g/mol. The SMILES string of the molecule is O=C(c1cccc(Nc2ncccn2)c1)N1CCOCC2(C1)CN(c1ccc(F)cc1)C(=O)O2. The van der Waals surface area contributed by atoms with Crippen LogP contribution in [0.3, 0.4) is 0 Å². The monoisotopic (exact) mass is 463 g/mol. The summed E-state index contributed by atoms with van der Waals surface area (Å²) in [6.45, 7) is 1.20. The van der Waals surface area contributed by atoms with E-state index in [1.807, 2.05) is 6.07 Å². The Hall–Kier alpha value is -4.05. The summed E-state index contributed by atoms with van der Waals surface area (Å²) in [5.74, 6) is -0.178. The van der Waals surface area contributed by atoms with Gasteiger partial charge in [0.05, 0.1) is 26.3 Å². The summed E-state index contributed by atoms with van der Waals surface area (Å²) in [5.41, 5.74) is 0.642. The molecule has 1 atom stereocenters. The lowest BCUT2D eigenvalue weighted by Crippen LogP contribution is -2.49. The number of aromatic nitrogens is 2. The molecule has 1 unspecified atom stereocenters. The van der Waals surface area contributed by atoms with Crippen LogP contribution in [-0.2, 0) is 9.47 Å². The molecule has 1 N–H and O–H groups in total. The Morgan fingerprint density at radius 3 is 2.65 bits per heavy atom. The highest BCUT2D eigenvalue weighted by Crippen LogP contribution is 2.31. The lowest BCUT2D eigenvalue weighted by Gasteiger charge is -2.29. The number of nitrogens with one attached hydrogen (secondary N) is 1. The molecule has 0 aliphatic carbocycles. The standard InChI is InChI=1S/C24H22FN5O4/c25-18-5-7-20(8-6-18)30-15-24(34-23(30)32)14-29(11-12-33-16-24)21(31)17-3-1-4-19(13-17)28-22-26-9-2-10-27-22/h1-10,13H,11-12,14-16H2,(H,26,27,28). The van der Waals surface area contributed by atoms with E-state index in [2.05, 4.69) is 15.3 Å². The Balaban J connectivity index is 1.33. The Bertz CT molecular complexity index is 1190. The lowest BCUT2D eigenvalue weighted by molar-refractivity contribution is -0.0140. The highest BCUT2D eigenvalue weighted by Gasteiger charge is 2.49. The second-order valence-electron chi connectivity index (χ2n) is 8.17. The minimum absolute atomic E-state index is 0.160. The number of carbonyl (C=O) groups excluding carboxylic acids is 2. The molecule has 9 nitrogen and oxygen atoms in total. The number of anilines is 3. The first-order valence-electron chi connectivity index (χ1n) is 10.8. The van der Waals surface area contributed by atoms with E-state index in [9.17, 15) is 14.0 Å². The molecule has 1 aromatic heterocycles. The lowest BCUT2D eigenvalue weighted by atomic mass is 10.0. The highest BCUT2D eigenvalue weighted by molar-refractivity contribution is 5.95. The van der Waals surface area contributed by atoms with Crippen molar-refractivity contribution in [2.45, 2.75) is 5.60 Å². The number of ether oxygens (including phenoxy) is 2. The van der Waals surface area contributed by atoms with E-state index in [4.69, 9.17) is 9.47 Å². The summed E-state index contributed by atoms with van der Waals surface area (Å²) in [6, 6.07) is 14.4. The van der Waals surface area contributed by atoms with Gasteiger partial charge in [-0.3, -0.25) is 9.69 Å². The number of benzene rings is 2. The number of hydrogen-bond donors (Lipinski definition) is 1. The van der Waals surface area contributed by atoms with E-state index in [1.165, 1.54) is 29.2 Å². The van der Waals surface area contributed by atoms with Crippen LogP contribution in [0.2, 0.25) is 0 Å². The van der Waals surface area contributed by atoms with Crippen molar-refractivity contribution in [2.24, 2.45) is 0 Å². The van der Waals surface area contributed by atoms with Gasteiger partial charge in [-0.15, -0.1) is 0 Å². The quantitative estimate of drug-likeness (QED) is 0.635. The molecule has 2 aliphatic heterocycles. The first-order valence-corrected chi connectivity index (χ1v) is 10.8. The molecule has 2 aliphatic rings. The number of nitrogens with zero attached hydrogens (tertiary/aromatic N) is 4. The fourth-order valence-corrected chi connectivity index (χ4v) is 4.08. The number of hydrogen-bond acceptors (Lipinski definition) is 7. The maximum absolute atomic E-state index is 13.4. The van der Waals surface area contributed by atoms with Crippen LogP contribution in [0.25, 0.3) is 0 Å². The van der Waals surface area contributed by atoms with Gasteiger partial charge in [-0.25, -0.2) is 19.2 Å². The number of carbonyl (C=O) groups is 2. The van der Waals surface area contributed by atoms with Crippen LogP contribution in [-0.4, -0.2) is 65.3 Å². The van der Waals surface area contributed by atoms with Crippen LogP contribution < -0.4 is 10.2 Å². The van der Waals surface area contributed by atoms with Gasteiger partial charge < -0.3 is 19.7 Å². The second-order valence-corrected chi connectivity index (χ2v) is 8.17. The Kier molecular flexibility index (Phi) is 5.81. The van der Waals surface area contributed by atoms with Crippen molar-refractivity contribution in [3.63, 3.8) is 0 Å². The molecule has 2 amide bonds. The summed E-state index contributed by atoms with van der Waals surface area (Å²) < 4.78 is 24.8. The van der Waals surface area contributed by atoms with Gasteiger partial charge in [0.25, 0.3) is 5.91 Å². The van der Waals surface area contributed by atoms with Crippen LogP contribution in [0.15, 0.2) is 67.0 Å². The molecule has 2 saturated heterocycles. The van der Waals surface area contributed by atoms with Gasteiger partial charge in [-0.05, 0) is 48.5 Å². The van der Waals surface area contributed by atoms with Crippen LogP contribution >= 0.6 is 0 Å². The third-order valence-corrected chi connectivity index (χ3v) is 5.68. The summed E-state index contributed by atoms with van der Waals surface area (Å²) in [5, 5.41) is 3.08. The molecule has 2 fully saturated rings. The first kappa shape index (κ1) is 21.8. The van der Waals surface area contributed by atoms with E-state index in [0.717, 1.165) is 0 Å². The zero-order valence-electron chi connectivity index (χ0n) is 18.2. The molecule has 34 heavy (non-hydrogen) atoms. The molecule has 174 valence electrons. The number of halogens is 1. The van der Waals surface area contributed by atoms with E-state index >= 15 is 0 Å². The van der Waals surface area contributed by atoms with Gasteiger partial charge in [0, 0.05) is 35.9 Å². The zero-order chi connectivity index (χ0) is 23.5. The van der Waals surface area contributed by atoms with Crippen molar-refractivity contribution in [1.82, 2.24) is 14.9 Å². The van der Waals surface area contributed by atoms with E-state index in [1.54, 1.807) is 41.6 Å². The molecule has 3 aromatic rings. The van der Waals surface area contributed by atoms with Crippen LogP contribution in [0.4, 0.5) is 26.5 Å². The van der Waals surface area contributed by atoms with Crippen molar-refractivity contribution in [2.75, 3.05) is 43.1 Å². The predicted octanol–water partition coefficient (Wildman–Crippen LogP) is 3.23. The van der Waals surface area contributed by atoms with Gasteiger partial charge in [-0.2, -0.15) is 0 Å². The summed E-state index contributed by atoms with van der Waals surface area (Å²) in [4.78, 5) is 37.4. The zero-order valence-corrected chi connectivity index (χ0v) is 18.2. The molecule has 2 aromatic carbocycles. The van der Waals surface area contributed by atoms with Gasteiger partial charge in [0.2, 0.25) is 5.95 Å². The van der Waals surface area contributed by atoms with Crippen molar-refractivity contribution >= 4 is 29.3 Å².